The number of fused-ring (bicyclic) bond motifs is 1. The maximum absolute atomic E-state index is 12.2. The minimum Gasteiger partial charge on any atom is -0.463 e. The van der Waals surface area contributed by atoms with Gasteiger partial charge in [0.2, 0.25) is 5.91 Å². The number of nitrogens with zero attached hydrogens (tertiary/aromatic N) is 3. The van der Waals surface area contributed by atoms with Gasteiger partial charge in [0, 0.05) is 12.4 Å². The van der Waals surface area contributed by atoms with Crippen molar-refractivity contribution in [2.24, 2.45) is 0 Å². The number of esters is 2. The molecule has 1 saturated heterocycles. The van der Waals surface area contributed by atoms with Gasteiger partial charge in [-0.2, -0.15) is 0 Å². The normalized spacial score (nSPS) is 15.4. The fraction of sp³-hybridized carbons (Fsp3) is 0.278. The van der Waals surface area contributed by atoms with Gasteiger partial charge >= 0.3 is 11.9 Å². The smallest absolute Gasteiger partial charge is 0.338 e. The lowest BCUT2D eigenvalue weighted by Crippen LogP contribution is -2.29. The first-order valence-electron chi connectivity index (χ1n) is 8.28. The van der Waals surface area contributed by atoms with Gasteiger partial charge in [-0.3, -0.25) is 14.8 Å². The average molecular weight is 387 g/mol. The maximum atomic E-state index is 12.2. The van der Waals surface area contributed by atoms with E-state index in [1.807, 2.05) is 0 Å². The minimum atomic E-state index is -0.516. The van der Waals surface area contributed by atoms with Crippen LogP contribution >= 0.6 is 11.8 Å². The predicted molar refractivity (Wildman–Crippen MR) is 98.7 cm³/mol. The van der Waals surface area contributed by atoms with E-state index in [9.17, 15) is 14.4 Å². The third-order valence-corrected chi connectivity index (χ3v) is 4.72. The SMILES string of the molecule is CCOC(=O)/C=C1\SCC(=O)N1CCOC(=O)c1ccc2nccnc2c1. The molecule has 1 amide bonds. The van der Waals surface area contributed by atoms with Crippen LogP contribution in [-0.2, 0) is 19.1 Å². The number of hydrogen-bond acceptors (Lipinski definition) is 8. The lowest BCUT2D eigenvalue weighted by Gasteiger charge is -2.16. The molecular weight excluding hydrogens is 370 g/mol. The van der Waals surface area contributed by atoms with Gasteiger partial charge < -0.3 is 14.4 Å². The number of carbonyl (C=O) groups is 3. The molecular formula is C18H17N3O5S. The first-order valence-corrected chi connectivity index (χ1v) is 9.26. The molecule has 0 aliphatic carbocycles. The van der Waals surface area contributed by atoms with Gasteiger partial charge in [0.05, 0.1) is 46.6 Å². The number of aromatic nitrogens is 2. The van der Waals surface area contributed by atoms with E-state index in [1.165, 1.54) is 22.7 Å². The van der Waals surface area contributed by atoms with Gasteiger partial charge in [0.1, 0.15) is 6.61 Å². The monoisotopic (exact) mass is 387 g/mol. The molecule has 0 unspecified atom stereocenters. The van der Waals surface area contributed by atoms with Gasteiger partial charge in [-0.25, -0.2) is 9.59 Å². The average Bonchev–Trinajstić information content (AvgIpc) is 3.01. The molecule has 1 aromatic heterocycles. The van der Waals surface area contributed by atoms with E-state index in [0.29, 0.717) is 21.6 Å². The molecule has 0 N–H and O–H groups in total. The van der Waals surface area contributed by atoms with Crippen molar-refractivity contribution in [1.29, 1.82) is 0 Å². The van der Waals surface area contributed by atoms with Crippen LogP contribution in [0.15, 0.2) is 41.7 Å². The maximum Gasteiger partial charge on any atom is 0.338 e. The van der Waals surface area contributed by atoms with Crippen molar-refractivity contribution in [1.82, 2.24) is 14.9 Å². The van der Waals surface area contributed by atoms with Crippen molar-refractivity contribution in [3.8, 4) is 0 Å². The number of rotatable bonds is 6. The summed E-state index contributed by atoms with van der Waals surface area (Å²) < 4.78 is 10.1. The summed E-state index contributed by atoms with van der Waals surface area (Å²) in [6, 6.07) is 4.91. The molecule has 1 aromatic carbocycles. The summed E-state index contributed by atoms with van der Waals surface area (Å²) in [7, 11) is 0. The molecule has 1 fully saturated rings. The summed E-state index contributed by atoms with van der Waals surface area (Å²) in [5.41, 5.74) is 1.63. The second kappa shape index (κ2) is 8.63. The van der Waals surface area contributed by atoms with E-state index >= 15 is 0 Å². The minimum absolute atomic E-state index is 0.00377. The quantitative estimate of drug-likeness (QED) is 0.546. The molecule has 1 aliphatic heterocycles. The van der Waals surface area contributed by atoms with E-state index in [0.717, 1.165) is 0 Å². The van der Waals surface area contributed by atoms with Crippen LogP contribution in [0.3, 0.4) is 0 Å². The fourth-order valence-electron chi connectivity index (χ4n) is 2.46. The molecule has 3 rings (SSSR count). The molecule has 0 bridgehead atoms. The number of benzene rings is 1. The summed E-state index contributed by atoms with van der Waals surface area (Å²) in [5, 5.41) is 0.496. The number of thioether (sulfide) groups is 1. The Morgan fingerprint density at radius 1 is 1.22 bits per heavy atom. The molecule has 0 saturated carbocycles. The van der Waals surface area contributed by atoms with Gasteiger partial charge in [-0.05, 0) is 25.1 Å². The molecule has 27 heavy (non-hydrogen) atoms. The molecule has 2 aromatic rings. The van der Waals surface area contributed by atoms with Gasteiger partial charge in [-0.15, -0.1) is 0 Å². The largest absolute Gasteiger partial charge is 0.463 e. The van der Waals surface area contributed by atoms with Gasteiger partial charge in [0.25, 0.3) is 0 Å². The zero-order valence-electron chi connectivity index (χ0n) is 14.6. The van der Waals surface area contributed by atoms with E-state index in [2.05, 4.69) is 9.97 Å². The van der Waals surface area contributed by atoms with Gasteiger partial charge in [0.15, 0.2) is 0 Å². The summed E-state index contributed by atoms with van der Waals surface area (Å²) >= 11 is 1.25. The van der Waals surface area contributed by atoms with Crippen molar-refractivity contribution in [3.63, 3.8) is 0 Å². The fourth-order valence-corrected chi connectivity index (χ4v) is 3.41. The molecule has 0 atom stereocenters. The number of ether oxygens (including phenoxy) is 2. The van der Waals surface area contributed by atoms with E-state index < -0.39 is 11.9 Å². The molecule has 140 valence electrons. The highest BCUT2D eigenvalue weighted by Gasteiger charge is 2.27. The molecule has 0 radical (unpaired) electrons. The first kappa shape index (κ1) is 18.8. The third kappa shape index (κ3) is 4.62. The van der Waals surface area contributed by atoms with Crippen LogP contribution in [0.5, 0.6) is 0 Å². The van der Waals surface area contributed by atoms with E-state index in [-0.39, 0.29) is 31.4 Å². The highest BCUT2D eigenvalue weighted by Crippen LogP contribution is 2.28. The second-order valence-electron chi connectivity index (χ2n) is 5.46. The highest BCUT2D eigenvalue weighted by atomic mass is 32.2. The molecule has 8 nitrogen and oxygen atoms in total. The highest BCUT2D eigenvalue weighted by molar-refractivity contribution is 8.04. The Hall–Kier alpha value is -2.94. The lowest BCUT2D eigenvalue weighted by molar-refractivity contribution is -0.137. The van der Waals surface area contributed by atoms with Crippen LogP contribution in [0.4, 0.5) is 0 Å². The van der Waals surface area contributed by atoms with E-state index in [1.54, 1.807) is 37.5 Å². The standard InChI is InChI=1S/C18H17N3O5S/c1-2-25-17(23)10-16-21(15(22)11-27-16)7-8-26-18(24)12-3-4-13-14(9-12)20-6-5-19-13/h3-6,9-10H,2,7-8,11H2,1H3/b16-10-. The van der Waals surface area contributed by atoms with E-state index in [4.69, 9.17) is 9.47 Å². The van der Waals surface area contributed by atoms with Crippen molar-refractivity contribution in [3.05, 3.63) is 47.3 Å². The lowest BCUT2D eigenvalue weighted by atomic mass is 10.2. The zero-order valence-corrected chi connectivity index (χ0v) is 15.4. The van der Waals surface area contributed by atoms with Crippen molar-refractivity contribution < 1.29 is 23.9 Å². The molecule has 9 heteroatoms. The van der Waals surface area contributed by atoms with Crippen LogP contribution in [0.2, 0.25) is 0 Å². The molecule has 0 spiro atoms. The summed E-state index contributed by atoms with van der Waals surface area (Å²) in [6.45, 7) is 2.13. The number of amides is 1. The Morgan fingerprint density at radius 3 is 2.78 bits per heavy atom. The third-order valence-electron chi connectivity index (χ3n) is 3.69. The van der Waals surface area contributed by atoms with Crippen LogP contribution in [0.1, 0.15) is 17.3 Å². The van der Waals surface area contributed by atoms with Crippen LogP contribution in [0, 0.1) is 0 Å². The predicted octanol–water partition coefficient (Wildman–Crippen LogP) is 1.77. The van der Waals surface area contributed by atoms with Crippen LogP contribution < -0.4 is 0 Å². The zero-order chi connectivity index (χ0) is 19.2. The number of carbonyl (C=O) groups excluding carboxylic acids is 3. The van der Waals surface area contributed by atoms with Crippen LogP contribution in [-0.4, -0.2) is 58.2 Å². The van der Waals surface area contributed by atoms with Crippen molar-refractivity contribution >= 4 is 40.6 Å². The Balaban J connectivity index is 1.59. The van der Waals surface area contributed by atoms with Crippen molar-refractivity contribution in [2.45, 2.75) is 6.92 Å². The summed E-state index contributed by atoms with van der Waals surface area (Å²) in [4.78, 5) is 45.5. The number of hydrogen-bond donors (Lipinski definition) is 0. The molecule has 1 aliphatic rings. The second-order valence-corrected chi connectivity index (χ2v) is 6.46. The van der Waals surface area contributed by atoms with Gasteiger partial charge in [-0.1, -0.05) is 11.8 Å². The Bertz CT molecular complexity index is 915. The van der Waals surface area contributed by atoms with Crippen LogP contribution in [0.25, 0.3) is 11.0 Å². The van der Waals surface area contributed by atoms with Crippen molar-refractivity contribution in [2.75, 3.05) is 25.5 Å². The first-order chi connectivity index (χ1) is 13.1. The molecule has 2 heterocycles. The Morgan fingerprint density at radius 2 is 2.00 bits per heavy atom. The Labute approximate surface area is 159 Å². The summed E-state index contributed by atoms with van der Waals surface area (Å²) in [6.07, 6.45) is 4.40. The Kier molecular flexibility index (Phi) is 6.02. The summed E-state index contributed by atoms with van der Waals surface area (Å²) in [5.74, 6) is -0.929. The topological polar surface area (TPSA) is 98.7 Å².